The van der Waals surface area contributed by atoms with Gasteiger partial charge in [0.1, 0.15) is 12.1 Å². The summed E-state index contributed by atoms with van der Waals surface area (Å²) in [5, 5.41) is 16.6. The molecule has 2 atom stereocenters. The molecule has 7 nitrogen and oxygen atoms in total. The van der Waals surface area contributed by atoms with Crippen molar-refractivity contribution in [2.75, 3.05) is 18.4 Å². The third-order valence-electron chi connectivity index (χ3n) is 3.68. The molecular weight excluding hydrogens is 275 g/mol. The van der Waals surface area contributed by atoms with Crippen LogP contribution in [-0.4, -0.2) is 39.2 Å². The van der Waals surface area contributed by atoms with Gasteiger partial charge in [-0.3, -0.25) is 4.79 Å². The number of rotatable bonds is 3. The second-order valence-electron chi connectivity index (χ2n) is 5.15. The monoisotopic (exact) mass is 290 g/mol. The number of carbonyl (C=O) groups excluding carboxylic acids is 1. The van der Waals surface area contributed by atoms with E-state index in [2.05, 4.69) is 26.2 Å². The smallest absolute Gasteiger partial charge is 0.229 e. The number of carbonyl (C=O) groups is 1. The lowest BCUT2D eigenvalue weighted by Gasteiger charge is -2.15. The Balaban J connectivity index is 1.81. The molecule has 8 heteroatoms. The van der Waals surface area contributed by atoms with E-state index in [0.29, 0.717) is 12.2 Å². The molecule has 1 amide bonds. The highest BCUT2D eigenvalue weighted by Crippen LogP contribution is 2.22. The Bertz CT molecular complexity index is 644. The van der Waals surface area contributed by atoms with E-state index in [4.69, 9.17) is 0 Å². The molecule has 1 fully saturated rings. The Kier molecular flexibility index (Phi) is 3.61. The molecule has 0 radical (unpaired) electrons. The second-order valence-corrected chi connectivity index (χ2v) is 5.15. The first kappa shape index (κ1) is 13.6. The fraction of sp³-hybridized carbons (Fsp3) is 0.385. The largest absolute Gasteiger partial charge is 0.323 e. The predicted octanol–water partition coefficient (Wildman–Crippen LogP) is 0.595. The van der Waals surface area contributed by atoms with E-state index in [9.17, 15) is 9.18 Å². The number of hydrogen-bond donors (Lipinski definition) is 2. The third-order valence-corrected chi connectivity index (χ3v) is 3.68. The predicted molar refractivity (Wildman–Crippen MR) is 73.3 cm³/mol. The average Bonchev–Trinajstić information content (AvgIpc) is 3.12. The van der Waals surface area contributed by atoms with Gasteiger partial charge in [0.2, 0.25) is 5.91 Å². The van der Waals surface area contributed by atoms with E-state index >= 15 is 0 Å². The van der Waals surface area contributed by atoms with Crippen molar-refractivity contribution in [3.8, 4) is 5.69 Å². The summed E-state index contributed by atoms with van der Waals surface area (Å²) >= 11 is 0. The zero-order valence-corrected chi connectivity index (χ0v) is 11.5. The molecule has 1 aliphatic heterocycles. The lowest BCUT2D eigenvalue weighted by atomic mass is 9.97. The molecule has 3 rings (SSSR count). The van der Waals surface area contributed by atoms with Crippen LogP contribution in [0.3, 0.4) is 0 Å². The van der Waals surface area contributed by atoms with Crippen molar-refractivity contribution < 1.29 is 9.18 Å². The molecule has 0 saturated carbocycles. The van der Waals surface area contributed by atoms with Gasteiger partial charge in [0, 0.05) is 6.54 Å². The summed E-state index contributed by atoms with van der Waals surface area (Å²) in [6.45, 7) is 3.41. The summed E-state index contributed by atoms with van der Waals surface area (Å²) in [6, 6.07) is 4.33. The first-order valence-corrected chi connectivity index (χ1v) is 6.69. The van der Waals surface area contributed by atoms with Gasteiger partial charge in [-0.05, 0) is 41.1 Å². The molecule has 0 aliphatic carbocycles. The average molecular weight is 290 g/mol. The molecule has 2 N–H and O–H groups in total. The summed E-state index contributed by atoms with van der Waals surface area (Å²) in [5.74, 6) is -0.587. The van der Waals surface area contributed by atoms with Crippen LogP contribution in [-0.2, 0) is 4.79 Å². The van der Waals surface area contributed by atoms with Crippen LogP contribution >= 0.6 is 0 Å². The van der Waals surface area contributed by atoms with E-state index in [-0.39, 0.29) is 23.4 Å². The number of nitrogens with one attached hydrogen (secondary N) is 2. The van der Waals surface area contributed by atoms with Crippen molar-refractivity contribution in [3.63, 3.8) is 0 Å². The molecule has 1 saturated heterocycles. The second kappa shape index (κ2) is 5.57. The van der Waals surface area contributed by atoms with Crippen molar-refractivity contribution in [2.24, 2.45) is 11.8 Å². The first-order chi connectivity index (χ1) is 10.1. The minimum Gasteiger partial charge on any atom is -0.323 e. The zero-order valence-electron chi connectivity index (χ0n) is 11.5. The molecule has 0 spiro atoms. The van der Waals surface area contributed by atoms with Crippen molar-refractivity contribution in [3.05, 3.63) is 30.3 Å². The highest BCUT2D eigenvalue weighted by atomic mass is 19.1. The van der Waals surface area contributed by atoms with Crippen molar-refractivity contribution in [1.29, 1.82) is 0 Å². The lowest BCUT2D eigenvalue weighted by molar-refractivity contribution is -0.120. The quantitative estimate of drug-likeness (QED) is 0.864. The molecule has 2 heterocycles. The van der Waals surface area contributed by atoms with Gasteiger partial charge in [0.15, 0.2) is 0 Å². The van der Waals surface area contributed by atoms with E-state index in [1.54, 1.807) is 6.07 Å². The Morgan fingerprint density at radius 1 is 1.48 bits per heavy atom. The minimum atomic E-state index is -0.487. The standard InChI is InChI=1S/C13H15FN6O/c1-8-5-15-6-10(8)13(21)17-12-4-9(2-3-11(12)14)20-7-16-18-19-20/h2-4,7-8,10,15H,5-6H2,1H3,(H,17,21). The van der Waals surface area contributed by atoms with Crippen molar-refractivity contribution in [1.82, 2.24) is 25.5 Å². The number of halogens is 1. The normalized spacial score (nSPS) is 21.4. The van der Waals surface area contributed by atoms with Gasteiger partial charge < -0.3 is 10.6 Å². The maximum absolute atomic E-state index is 13.9. The summed E-state index contributed by atoms with van der Waals surface area (Å²) in [6.07, 6.45) is 1.40. The van der Waals surface area contributed by atoms with Gasteiger partial charge >= 0.3 is 0 Å². The number of hydrogen-bond acceptors (Lipinski definition) is 5. The number of benzene rings is 1. The number of nitrogens with zero attached hydrogens (tertiary/aromatic N) is 4. The van der Waals surface area contributed by atoms with Crippen LogP contribution in [0.1, 0.15) is 6.92 Å². The topological polar surface area (TPSA) is 84.7 Å². The zero-order chi connectivity index (χ0) is 14.8. The van der Waals surface area contributed by atoms with Gasteiger partial charge in [-0.15, -0.1) is 5.10 Å². The molecule has 1 aliphatic rings. The Morgan fingerprint density at radius 2 is 2.33 bits per heavy atom. The summed E-state index contributed by atoms with van der Waals surface area (Å²) in [5.41, 5.74) is 0.710. The summed E-state index contributed by atoms with van der Waals surface area (Å²) < 4.78 is 15.3. The molecule has 110 valence electrons. The molecule has 2 unspecified atom stereocenters. The van der Waals surface area contributed by atoms with Crippen LogP contribution in [0.2, 0.25) is 0 Å². The Morgan fingerprint density at radius 3 is 3.00 bits per heavy atom. The van der Waals surface area contributed by atoms with E-state index in [1.807, 2.05) is 6.92 Å². The fourth-order valence-corrected chi connectivity index (χ4v) is 2.42. The van der Waals surface area contributed by atoms with Crippen LogP contribution in [0, 0.1) is 17.7 Å². The number of tetrazole rings is 1. The van der Waals surface area contributed by atoms with Crippen LogP contribution in [0.5, 0.6) is 0 Å². The minimum absolute atomic E-state index is 0.132. The van der Waals surface area contributed by atoms with Gasteiger partial charge in [-0.2, -0.15) is 0 Å². The molecular formula is C13H15FN6O. The van der Waals surface area contributed by atoms with Crippen LogP contribution in [0.4, 0.5) is 10.1 Å². The molecule has 2 aromatic rings. The van der Waals surface area contributed by atoms with Crippen LogP contribution < -0.4 is 10.6 Å². The molecule has 0 bridgehead atoms. The van der Waals surface area contributed by atoms with E-state index < -0.39 is 5.82 Å². The highest BCUT2D eigenvalue weighted by Gasteiger charge is 2.29. The molecule has 1 aromatic carbocycles. The SMILES string of the molecule is CC1CNCC1C(=O)Nc1cc(-n2cnnn2)ccc1F. The first-order valence-electron chi connectivity index (χ1n) is 6.69. The van der Waals surface area contributed by atoms with Crippen LogP contribution in [0.15, 0.2) is 24.5 Å². The highest BCUT2D eigenvalue weighted by molar-refractivity contribution is 5.93. The van der Waals surface area contributed by atoms with Gasteiger partial charge in [0.05, 0.1) is 17.3 Å². The van der Waals surface area contributed by atoms with Gasteiger partial charge in [0.25, 0.3) is 0 Å². The number of anilines is 1. The van der Waals surface area contributed by atoms with E-state index in [0.717, 1.165) is 6.54 Å². The number of amides is 1. The van der Waals surface area contributed by atoms with Gasteiger partial charge in [-0.1, -0.05) is 6.92 Å². The Hall–Kier alpha value is -2.35. The maximum Gasteiger partial charge on any atom is 0.229 e. The van der Waals surface area contributed by atoms with Crippen molar-refractivity contribution >= 4 is 11.6 Å². The molecule has 1 aromatic heterocycles. The van der Waals surface area contributed by atoms with Crippen molar-refractivity contribution in [2.45, 2.75) is 6.92 Å². The molecule has 21 heavy (non-hydrogen) atoms. The maximum atomic E-state index is 13.9. The summed E-state index contributed by atoms with van der Waals surface area (Å²) in [4.78, 5) is 12.2. The fourth-order valence-electron chi connectivity index (χ4n) is 2.42. The Labute approximate surface area is 120 Å². The number of aromatic nitrogens is 4. The lowest BCUT2D eigenvalue weighted by Crippen LogP contribution is -2.28. The van der Waals surface area contributed by atoms with Crippen LogP contribution in [0.25, 0.3) is 5.69 Å². The third kappa shape index (κ3) is 2.75. The van der Waals surface area contributed by atoms with E-state index in [1.165, 1.54) is 23.1 Å². The summed E-state index contributed by atoms with van der Waals surface area (Å²) in [7, 11) is 0. The van der Waals surface area contributed by atoms with Gasteiger partial charge in [-0.25, -0.2) is 9.07 Å².